The Morgan fingerprint density at radius 3 is 2.47 bits per heavy atom. The highest BCUT2D eigenvalue weighted by atomic mass is 79.9. The molecule has 1 aliphatic rings. The Balaban J connectivity index is 2.11. The zero-order valence-corrected chi connectivity index (χ0v) is 13.5. The van der Waals surface area contributed by atoms with Gasteiger partial charge in [-0.05, 0) is 53.7 Å². The molecule has 1 aromatic carbocycles. The van der Waals surface area contributed by atoms with Crippen LogP contribution in [-0.4, -0.2) is 14.5 Å². The number of rotatable bonds is 4. The monoisotopic (exact) mass is 345 g/mol. The lowest BCUT2D eigenvalue weighted by molar-refractivity contribution is 0.303. The first-order valence-corrected chi connectivity index (χ1v) is 9.05. The Kier molecular flexibility index (Phi) is 5.03. The largest absolute Gasteiger partial charge is 0.241 e. The predicted octanol–water partition coefficient (Wildman–Crippen LogP) is 3.70. The van der Waals surface area contributed by atoms with E-state index in [1.165, 1.54) is 19.3 Å². The van der Waals surface area contributed by atoms with Gasteiger partial charge in [-0.2, -0.15) is 0 Å². The van der Waals surface area contributed by atoms with Crippen LogP contribution >= 0.6 is 15.9 Å². The molecule has 0 heterocycles. The van der Waals surface area contributed by atoms with Crippen molar-refractivity contribution < 1.29 is 8.42 Å². The van der Waals surface area contributed by atoms with E-state index in [4.69, 9.17) is 0 Å². The van der Waals surface area contributed by atoms with Gasteiger partial charge in [-0.3, -0.25) is 0 Å². The van der Waals surface area contributed by atoms with Crippen molar-refractivity contribution in [2.45, 2.75) is 50.0 Å². The number of benzene rings is 1. The second-order valence-electron chi connectivity index (χ2n) is 5.24. The Labute approximate surface area is 124 Å². The van der Waals surface area contributed by atoms with E-state index in [0.717, 1.165) is 12.8 Å². The van der Waals surface area contributed by atoms with Crippen LogP contribution in [0, 0.1) is 5.92 Å². The highest BCUT2D eigenvalue weighted by Gasteiger charge is 2.26. The Morgan fingerprint density at radius 1 is 1.21 bits per heavy atom. The standard InChI is InChI=1S/C14H20BrNO2S/c1-11(12-7-3-2-4-8-12)16-19(17,18)14-10-6-5-9-13(14)15/h5-6,9-12,16H,2-4,7-8H2,1H3. The fourth-order valence-electron chi connectivity index (χ4n) is 2.70. The molecular weight excluding hydrogens is 326 g/mol. The summed E-state index contributed by atoms with van der Waals surface area (Å²) in [5.74, 6) is 0.464. The van der Waals surface area contributed by atoms with Gasteiger partial charge in [-0.1, -0.05) is 31.4 Å². The average molecular weight is 346 g/mol. The molecule has 0 radical (unpaired) electrons. The minimum Gasteiger partial charge on any atom is -0.208 e. The average Bonchev–Trinajstić information content (AvgIpc) is 2.39. The van der Waals surface area contributed by atoms with E-state index in [0.29, 0.717) is 15.3 Å². The van der Waals surface area contributed by atoms with Crippen molar-refractivity contribution in [3.63, 3.8) is 0 Å². The molecule has 1 saturated carbocycles. The Bertz CT molecular complexity index is 524. The van der Waals surface area contributed by atoms with Gasteiger partial charge in [0.1, 0.15) is 0 Å². The van der Waals surface area contributed by atoms with Gasteiger partial charge < -0.3 is 0 Å². The van der Waals surface area contributed by atoms with Crippen LogP contribution < -0.4 is 4.72 Å². The first-order valence-electron chi connectivity index (χ1n) is 6.77. The van der Waals surface area contributed by atoms with E-state index in [1.54, 1.807) is 18.2 Å². The van der Waals surface area contributed by atoms with Crippen molar-refractivity contribution in [1.82, 2.24) is 4.72 Å². The summed E-state index contributed by atoms with van der Waals surface area (Å²) in [6.07, 6.45) is 5.96. The van der Waals surface area contributed by atoms with E-state index >= 15 is 0 Å². The molecule has 1 atom stereocenters. The van der Waals surface area contributed by atoms with Crippen LogP contribution in [0.25, 0.3) is 0 Å². The number of halogens is 1. The maximum absolute atomic E-state index is 12.4. The SMILES string of the molecule is CC(NS(=O)(=O)c1ccccc1Br)C1CCCCC1. The van der Waals surface area contributed by atoms with Crippen LogP contribution in [0.3, 0.4) is 0 Å². The van der Waals surface area contributed by atoms with Crippen molar-refractivity contribution >= 4 is 26.0 Å². The van der Waals surface area contributed by atoms with Crippen LogP contribution in [0.4, 0.5) is 0 Å². The van der Waals surface area contributed by atoms with Gasteiger partial charge in [0.25, 0.3) is 0 Å². The van der Waals surface area contributed by atoms with E-state index in [9.17, 15) is 8.42 Å². The zero-order valence-electron chi connectivity index (χ0n) is 11.1. The van der Waals surface area contributed by atoms with Gasteiger partial charge in [0.2, 0.25) is 10.0 Å². The van der Waals surface area contributed by atoms with Gasteiger partial charge in [0, 0.05) is 10.5 Å². The summed E-state index contributed by atoms with van der Waals surface area (Å²) in [6, 6.07) is 6.93. The summed E-state index contributed by atoms with van der Waals surface area (Å²) in [5, 5.41) is 0. The van der Waals surface area contributed by atoms with E-state index < -0.39 is 10.0 Å². The summed E-state index contributed by atoms with van der Waals surface area (Å²) in [7, 11) is -3.44. The molecule has 1 fully saturated rings. The molecule has 0 bridgehead atoms. The van der Waals surface area contributed by atoms with E-state index in [1.807, 2.05) is 13.0 Å². The van der Waals surface area contributed by atoms with Gasteiger partial charge in [-0.25, -0.2) is 13.1 Å². The summed E-state index contributed by atoms with van der Waals surface area (Å²) >= 11 is 3.30. The Morgan fingerprint density at radius 2 is 1.84 bits per heavy atom. The third kappa shape index (κ3) is 3.80. The maximum atomic E-state index is 12.4. The molecule has 1 aromatic rings. The molecule has 3 nitrogen and oxygen atoms in total. The molecule has 0 saturated heterocycles. The molecule has 1 aliphatic carbocycles. The van der Waals surface area contributed by atoms with Gasteiger partial charge in [0.05, 0.1) is 4.90 Å². The lowest BCUT2D eigenvalue weighted by atomic mass is 9.85. The van der Waals surface area contributed by atoms with E-state index in [2.05, 4.69) is 20.7 Å². The summed E-state index contributed by atoms with van der Waals surface area (Å²) in [6.45, 7) is 1.98. The van der Waals surface area contributed by atoms with Crippen LogP contribution in [0.5, 0.6) is 0 Å². The molecule has 0 amide bonds. The van der Waals surface area contributed by atoms with Crippen molar-refractivity contribution in [3.05, 3.63) is 28.7 Å². The molecule has 0 aliphatic heterocycles. The van der Waals surface area contributed by atoms with Crippen molar-refractivity contribution in [2.24, 2.45) is 5.92 Å². The van der Waals surface area contributed by atoms with Crippen molar-refractivity contribution in [2.75, 3.05) is 0 Å². The molecule has 1 unspecified atom stereocenters. The lowest BCUT2D eigenvalue weighted by Crippen LogP contribution is -2.38. The minimum absolute atomic E-state index is 0.00240. The summed E-state index contributed by atoms with van der Waals surface area (Å²) < 4.78 is 28.2. The second kappa shape index (κ2) is 6.37. The molecule has 2 rings (SSSR count). The maximum Gasteiger partial charge on any atom is 0.241 e. The van der Waals surface area contributed by atoms with Crippen molar-refractivity contribution in [1.29, 1.82) is 0 Å². The zero-order chi connectivity index (χ0) is 13.9. The second-order valence-corrected chi connectivity index (χ2v) is 7.78. The van der Waals surface area contributed by atoms with Crippen LogP contribution in [-0.2, 0) is 10.0 Å². The molecular formula is C14H20BrNO2S. The first-order chi connectivity index (χ1) is 9.00. The number of hydrogen-bond donors (Lipinski definition) is 1. The van der Waals surface area contributed by atoms with E-state index in [-0.39, 0.29) is 6.04 Å². The molecule has 106 valence electrons. The number of nitrogens with one attached hydrogen (secondary N) is 1. The highest BCUT2D eigenvalue weighted by Crippen LogP contribution is 2.28. The molecule has 0 spiro atoms. The quantitative estimate of drug-likeness (QED) is 0.904. The fourth-order valence-corrected chi connectivity index (χ4v) is 5.02. The normalized spacial score (nSPS) is 19.3. The van der Waals surface area contributed by atoms with Gasteiger partial charge >= 0.3 is 0 Å². The van der Waals surface area contributed by atoms with Gasteiger partial charge in [-0.15, -0.1) is 0 Å². The third-order valence-electron chi connectivity index (χ3n) is 3.82. The number of hydrogen-bond acceptors (Lipinski definition) is 2. The highest BCUT2D eigenvalue weighted by molar-refractivity contribution is 9.10. The third-order valence-corrected chi connectivity index (χ3v) is 6.40. The number of sulfonamides is 1. The topological polar surface area (TPSA) is 46.2 Å². The molecule has 1 N–H and O–H groups in total. The summed E-state index contributed by atoms with van der Waals surface area (Å²) in [5.41, 5.74) is 0. The van der Waals surface area contributed by atoms with Crippen LogP contribution in [0.1, 0.15) is 39.0 Å². The Hall–Kier alpha value is -0.390. The molecule has 19 heavy (non-hydrogen) atoms. The summed E-state index contributed by atoms with van der Waals surface area (Å²) in [4.78, 5) is 0.317. The fraction of sp³-hybridized carbons (Fsp3) is 0.571. The first kappa shape index (κ1) is 15.0. The van der Waals surface area contributed by atoms with Crippen LogP contribution in [0.15, 0.2) is 33.6 Å². The van der Waals surface area contributed by atoms with Crippen molar-refractivity contribution in [3.8, 4) is 0 Å². The predicted molar refractivity (Wildman–Crippen MR) is 80.5 cm³/mol. The van der Waals surface area contributed by atoms with Gasteiger partial charge in [0.15, 0.2) is 0 Å². The van der Waals surface area contributed by atoms with Crippen LogP contribution in [0.2, 0.25) is 0 Å². The molecule has 5 heteroatoms. The lowest BCUT2D eigenvalue weighted by Gasteiger charge is -2.28. The molecule has 0 aromatic heterocycles. The minimum atomic E-state index is -3.44. The smallest absolute Gasteiger partial charge is 0.208 e.